The van der Waals surface area contributed by atoms with Crippen LogP contribution in [0.1, 0.15) is 28.1 Å². The third-order valence-electron chi connectivity index (χ3n) is 7.74. The van der Waals surface area contributed by atoms with Gasteiger partial charge in [0, 0.05) is 30.5 Å². The number of hydrogen-bond donors (Lipinski definition) is 4. The molecule has 4 N–H and O–H groups in total. The molecule has 1 aliphatic carbocycles. The molecule has 242 valence electrons. The first-order valence-corrected chi connectivity index (χ1v) is 15.7. The van der Waals surface area contributed by atoms with Crippen molar-refractivity contribution in [3.63, 3.8) is 0 Å². The number of hydrogen-bond acceptors (Lipinski definition) is 9. The third-order valence-corrected chi connectivity index (χ3v) is 8.54. The quantitative estimate of drug-likeness (QED) is 0.159. The van der Waals surface area contributed by atoms with Crippen LogP contribution in [0.25, 0.3) is 11.0 Å². The Hall–Kier alpha value is -4.11. The molecule has 3 atom stereocenters. The lowest BCUT2D eigenvalue weighted by molar-refractivity contribution is -0.118. The molecule has 12 heteroatoms. The molecule has 4 aromatic rings. The zero-order valence-corrected chi connectivity index (χ0v) is 27.5. The van der Waals surface area contributed by atoms with Gasteiger partial charge in [-0.25, -0.2) is 0 Å². The highest BCUT2D eigenvalue weighted by Gasteiger charge is 2.42. The summed E-state index contributed by atoms with van der Waals surface area (Å²) in [5, 5.41) is 34.3. The Morgan fingerprint density at radius 1 is 1.00 bits per heavy atom. The van der Waals surface area contributed by atoms with Crippen LogP contribution < -0.4 is 19.5 Å². The summed E-state index contributed by atoms with van der Waals surface area (Å²) in [7, 11) is 2.98. The average Bonchev–Trinajstić information content (AvgIpc) is 3.52. The molecule has 3 aromatic carbocycles. The van der Waals surface area contributed by atoms with Crippen molar-refractivity contribution in [1.82, 2.24) is 10.2 Å². The fourth-order valence-electron chi connectivity index (χ4n) is 5.46. The number of methoxy groups -OCH3 is 2. The van der Waals surface area contributed by atoms with Gasteiger partial charge in [-0.15, -0.1) is 0 Å². The minimum atomic E-state index is -1.29. The van der Waals surface area contributed by atoms with Crippen molar-refractivity contribution in [1.29, 1.82) is 0 Å². The van der Waals surface area contributed by atoms with E-state index in [-0.39, 0.29) is 44.1 Å². The Morgan fingerprint density at radius 3 is 2.46 bits per heavy atom. The van der Waals surface area contributed by atoms with E-state index in [1.54, 1.807) is 30.3 Å². The summed E-state index contributed by atoms with van der Waals surface area (Å²) in [4.78, 5) is 29.1. The van der Waals surface area contributed by atoms with Crippen LogP contribution in [0.3, 0.4) is 0 Å². The van der Waals surface area contributed by atoms with E-state index in [2.05, 4.69) is 27.9 Å². The van der Waals surface area contributed by atoms with Crippen LogP contribution in [0, 0.1) is 3.57 Å². The molecule has 1 heterocycles. The number of fused-ring (bicyclic) bond motifs is 1. The molecule has 0 bridgehead atoms. The normalized spacial score (nSPS) is 17.7. The molecule has 1 aliphatic rings. The van der Waals surface area contributed by atoms with Crippen LogP contribution >= 0.6 is 22.6 Å². The van der Waals surface area contributed by atoms with Crippen LogP contribution in [0.5, 0.6) is 17.2 Å². The van der Waals surface area contributed by atoms with Gasteiger partial charge in [0.15, 0.2) is 28.6 Å². The lowest BCUT2D eigenvalue weighted by Gasteiger charge is -2.40. The number of amides is 2. The van der Waals surface area contributed by atoms with E-state index in [0.717, 1.165) is 5.56 Å². The van der Waals surface area contributed by atoms with Crippen LogP contribution in [-0.2, 0) is 17.9 Å². The summed E-state index contributed by atoms with van der Waals surface area (Å²) in [5.41, 5.74) is 2.09. The fraction of sp³-hybridized carbons (Fsp3) is 0.294. The second kappa shape index (κ2) is 15.0. The Morgan fingerprint density at radius 2 is 1.76 bits per heavy atom. The Balaban J connectivity index is 1.57. The van der Waals surface area contributed by atoms with Crippen molar-refractivity contribution >= 4 is 45.4 Å². The monoisotopic (exact) mass is 742 g/mol. The summed E-state index contributed by atoms with van der Waals surface area (Å²) in [6.07, 6.45) is -0.851. The van der Waals surface area contributed by atoms with Crippen molar-refractivity contribution in [2.24, 2.45) is 0 Å². The molecular weight excluding hydrogens is 707 g/mol. The second-order valence-corrected chi connectivity index (χ2v) is 11.9. The van der Waals surface area contributed by atoms with Gasteiger partial charge in [0.05, 0.1) is 37.0 Å². The summed E-state index contributed by atoms with van der Waals surface area (Å²) in [5.74, 6) is 0.189. The van der Waals surface area contributed by atoms with Crippen molar-refractivity contribution in [2.45, 2.75) is 37.8 Å². The molecule has 5 rings (SSSR count). The summed E-state index contributed by atoms with van der Waals surface area (Å²) >= 11 is 2.05. The number of furan rings is 1. The minimum absolute atomic E-state index is 0.00190. The zero-order valence-electron chi connectivity index (χ0n) is 25.3. The van der Waals surface area contributed by atoms with E-state index in [4.69, 9.17) is 18.6 Å². The predicted molar refractivity (Wildman–Crippen MR) is 178 cm³/mol. The average molecular weight is 743 g/mol. The van der Waals surface area contributed by atoms with Gasteiger partial charge in [0.25, 0.3) is 5.91 Å². The second-order valence-electron chi connectivity index (χ2n) is 10.7. The number of rotatable bonds is 12. The van der Waals surface area contributed by atoms with E-state index in [1.807, 2.05) is 36.4 Å². The molecule has 0 aliphatic heterocycles. The van der Waals surface area contributed by atoms with E-state index in [1.165, 1.54) is 25.2 Å². The fourth-order valence-corrected chi connectivity index (χ4v) is 6.25. The summed E-state index contributed by atoms with van der Waals surface area (Å²) in [6, 6.07) is 18.7. The van der Waals surface area contributed by atoms with E-state index in [0.29, 0.717) is 37.4 Å². The number of nitrogens with one attached hydrogen (secondary N) is 1. The van der Waals surface area contributed by atoms with Gasteiger partial charge < -0.3 is 44.2 Å². The number of nitrogens with zero attached hydrogens (tertiary/aromatic N) is 1. The van der Waals surface area contributed by atoms with E-state index in [9.17, 15) is 24.9 Å². The van der Waals surface area contributed by atoms with E-state index < -0.39 is 30.1 Å². The maximum Gasteiger partial charge on any atom is 0.290 e. The largest absolute Gasteiger partial charge is 0.493 e. The highest BCUT2D eigenvalue weighted by molar-refractivity contribution is 14.1. The lowest BCUT2D eigenvalue weighted by atomic mass is 9.87. The van der Waals surface area contributed by atoms with Gasteiger partial charge in [-0.2, -0.15) is 0 Å². The van der Waals surface area contributed by atoms with Gasteiger partial charge in [-0.1, -0.05) is 42.5 Å². The Bertz CT molecular complexity index is 1720. The molecule has 0 saturated carbocycles. The number of ether oxygens (including phenoxy) is 3. The van der Waals surface area contributed by atoms with Crippen molar-refractivity contribution < 1.29 is 43.5 Å². The van der Waals surface area contributed by atoms with Gasteiger partial charge in [0.1, 0.15) is 12.2 Å². The molecule has 0 saturated heterocycles. The number of para-hydroxylation sites is 1. The molecule has 0 radical (unpaired) electrons. The Labute approximate surface area is 279 Å². The molecule has 1 aromatic heterocycles. The molecular formula is C34H35IN2O9. The first-order valence-electron chi connectivity index (χ1n) is 14.6. The number of carbonyl (C=O) groups is 2. The summed E-state index contributed by atoms with van der Waals surface area (Å²) in [6.45, 7) is -0.345. The molecule has 11 nitrogen and oxygen atoms in total. The molecule has 2 amide bonds. The maximum absolute atomic E-state index is 14.3. The van der Waals surface area contributed by atoms with Crippen LogP contribution in [0.4, 0.5) is 0 Å². The number of benzene rings is 3. The Kier molecular flexibility index (Phi) is 10.8. The predicted octanol–water partition coefficient (Wildman–Crippen LogP) is 3.81. The van der Waals surface area contributed by atoms with Gasteiger partial charge in [-0.05, 0) is 64.1 Å². The van der Waals surface area contributed by atoms with Crippen LogP contribution in [-0.4, -0.2) is 77.7 Å². The van der Waals surface area contributed by atoms with Crippen molar-refractivity contribution in [2.75, 3.05) is 27.4 Å². The van der Waals surface area contributed by atoms with Crippen molar-refractivity contribution in [3.8, 4) is 17.2 Å². The van der Waals surface area contributed by atoms with Gasteiger partial charge in [-0.3, -0.25) is 9.59 Å². The highest BCUT2D eigenvalue weighted by atomic mass is 127. The smallest absolute Gasteiger partial charge is 0.290 e. The van der Waals surface area contributed by atoms with Crippen LogP contribution in [0.2, 0.25) is 0 Å². The standard InChI is InChI=1S/C34H35IN2O9/c1-43-26-10-6-9-22-16-29(46-31(22)26)34(42)37(18-20-7-4-3-5-8-20)25-15-23(33(41)36-11-12-38)17-27(30(25)40)45-32-24(35)13-21(19-39)14-28(32)44-2/h3-10,13-14,16-17,25,27,30,38-40H,11-12,15,18-19H2,1-2H3,(H,36,41)/t25-,27+,30+/m1/s1. The molecule has 0 unspecified atom stereocenters. The number of aliphatic hydroxyl groups excluding tert-OH is 3. The number of halogens is 1. The number of carbonyl (C=O) groups excluding carboxylic acids is 2. The van der Waals surface area contributed by atoms with E-state index >= 15 is 0 Å². The third kappa shape index (κ3) is 7.15. The first kappa shape index (κ1) is 33.3. The molecule has 0 fully saturated rings. The zero-order chi connectivity index (χ0) is 32.8. The van der Waals surface area contributed by atoms with Gasteiger partial charge >= 0.3 is 0 Å². The SMILES string of the molecule is COc1cc(CO)cc(I)c1O[C@H]1C=C(C(=O)NCCO)C[C@@H](N(Cc2ccccc2)C(=O)c2cc3cccc(OC)c3o2)[C@@H]1O. The maximum atomic E-state index is 14.3. The highest BCUT2D eigenvalue weighted by Crippen LogP contribution is 2.38. The lowest BCUT2D eigenvalue weighted by Crippen LogP contribution is -2.54. The minimum Gasteiger partial charge on any atom is -0.493 e. The first-order chi connectivity index (χ1) is 22.3. The van der Waals surface area contributed by atoms with Crippen molar-refractivity contribution in [3.05, 3.63) is 98.8 Å². The number of aliphatic hydroxyl groups is 3. The molecule has 46 heavy (non-hydrogen) atoms. The van der Waals surface area contributed by atoms with Gasteiger partial charge in [0.2, 0.25) is 5.91 Å². The summed E-state index contributed by atoms with van der Waals surface area (Å²) < 4.78 is 24.0. The topological polar surface area (TPSA) is 151 Å². The van der Waals surface area contributed by atoms with Crippen LogP contribution in [0.15, 0.2) is 82.8 Å². The molecule has 0 spiro atoms.